The summed E-state index contributed by atoms with van der Waals surface area (Å²) in [5, 5.41) is 0. The molecular formula is C15H21FN2O3. The molecule has 1 aliphatic rings. The number of nitrogens with zero attached hydrogens (tertiary/aromatic N) is 1. The quantitative estimate of drug-likeness (QED) is 0.681. The van der Waals surface area contributed by atoms with Crippen molar-refractivity contribution in [1.82, 2.24) is 0 Å². The zero-order valence-electron chi connectivity index (χ0n) is 12.4. The minimum Gasteiger partial charge on any atom is -0.462 e. The lowest BCUT2D eigenvalue weighted by molar-refractivity contribution is 0.0527. The topological polar surface area (TPSA) is 64.8 Å². The van der Waals surface area contributed by atoms with Crippen LogP contribution in [0.15, 0.2) is 12.1 Å². The first-order valence-corrected chi connectivity index (χ1v) is 7.11. The van der Waals surface area contributed by atoms with Crippen LogP contribution < -0.4 is 10.6 Å². The van der Waals surface area contributed by atoms with Crippen LogP contribution >= 0.6 is 0 Å². The molecule has 2 rings (SSSR count). The maximum absolute atomic E-state index is 14.2. The van der Waals surface area contributed by atoms with Gasteiger partial charge in [-0.2, -0.15) is 0 Å². The van der Waals surface area contributed by atoms with E-state index in [9.17, 15) is 9.18 Å². The highest BCUT2D eigenvalue weighted by Crippen LogP contribution is 2.28. The van der Waals surface area contributed by atoms with Gasteiger partial charge >= 0.3 is 5.97 Å². The molecule has 116 valence electrons. The summed E-state index contributed by atoms with van der Waals surface area (Å²) in [5.74, 6) is -0.967. The minimum absolute atomic E-state index is 0.0927. The number of hydrogen-bond donors (Lipinski definition) is 1. The van der Waals surface area contributed by atoms with Gasteiger partial charge in [-0.15, -0.1) is 0 Å². The Morgan fingerprint density at radius 3 is 2.76 bits per heavy atom. The van der Waals surface area contributed by atoms with Gasteiger partial charge in [0.1, 0.15) is 5.82 Å². The van der Waals surface area contributed by atoms with Crippen LogP contribution in [-0.2, 0) is 9.47 Å². The second kappa shape index (κ2) is 6.76. The highest BCUT2D eigenvalue weighted by atomic mass is 19.1. The van der Waals surface area contributed by atoms with Crippen LogP contribution in [0.3, 0.4) is 0 Å². The van der Waals surface area contributed by atoms with E-state index >= 15 is 0 Å². The molecule has 0 aliphatic carbocycles. The highest BCUT2D eigenvalue weighted by molar-refractivity contribution is 5.96. The number of halogens is 1. The van der Waals surface area contributed by atoms with Gasteiger partial charge in [-0.25, -0.2) is 9.18 Å². The number of carbonyl (C=O) groups excluding carboxylic acids is 1. The maximum Gasteiger partial charge on any atom is 0.340 e. The largest absolute Gasteiger partial charge is 0.462 e. The van der Waals surface area contributed by atoms with Gasteiger partial charge in [-0.05, 0) is 31.9 Å². The summed E-state index contributed by atoms with van der Waals surface area (Å²) in [5.41, 5.74) is 6.37. The summed E-state index contributed by atoms with van der Waals surface area (Å²) >= 11 is 0. The average molecular weight is 296 g/mol. The van der Waals surface area contributed by atoms with Crippen molar-refractivity contribution in [3.05, 3.63) is 23.5 Å². The Balaban J connectivity index is 2.29. The molecule has 6 heteroatoms. The third kappa shape index (κ3) is 3.44. The van der Waals surface area contributed by atoms with Crippen LogP contribution in [0.1, 0.15) is 30.1 Å². The van der Waals surface area contributed by atoms with Gasteiger partial charge in [0.25, 0.3) is 0 Å². The Morgan fingerprint density at radius 2 is 2.14 bits per heavy atom. The smallest absolute Gasteiger partial charge is 0.340 e. The van der Waals surface area contributed by atoms with E-state index in [1.807, 2.05) is 11.9 Å². The summed E-state index contributed by atoms with van der Waals surface area (Å²) < 4.78 is 24.4. The van der Waals surface area contributed by atoms with Crippen LogP contribution in [0.5, 0.6) is 0 Å². The van der Waals surface area contributed by atoms with Crippen molar-refractivity contribution < 1.29 is 18.7 Å². The summed E-state index contributed by atoms with van der Waals surface area (Å²) in [6.45, 7) is 3.29. The number of carbonyl (C=O) groups is 1. The molecule has 2 N–H and O–H groups in total. The second-order valence-corrected chi connectivity index (χ2v) is 5.07. The second-order valence-electron chi connectivity index (χ2n) is 5.07. The molecule has 5 nitrogen and oxygen atoms in total. The molecule has 0 radical (unpaired) electrons. The lowest BCUT2D eigenvalue weighted by Gasteiger charge is -2.33. The highest BCUT2D eigenvalue weighted by Gasteiger charge is 2.23. The van der Waals surface area contributed by atoms with E-state index in [0.29, 0.717) is 18.9 Å². The number of benzene rings is 1. The molecule has 0 spiro atoms. The van der Waals surface area contributed by atoms with E-state index in [2.05, 4.69) is 0 Å². The summed E-state index contributed by atoms with van der Waals surface area (Å²) in [6.07, 6.45) is 1.66. The van der Waals surface area contributed by atoms with Crippen LogP contribution in [-0.4, -0.2) is 38.9 Å². The number of esters is 1. The van der Waals surface area contributed by atoms with E-state index in [1.54, 1.807) is 6.92 Å². The third-order valence-corrected chi connectivity index (χ3v) is 3.73. The zero-order chi connectivity index (χ0) is 15.4. The van der Waals surface area contributed by atoms with Crippen molar-refractivity contribution in [3.63, 3.8) is 0 Å². The SMILES string of the molecule is CCOC(=O)c1cc(N(C)C2CCOCC2)c(F)cc1N. The number of nitrogen functional groups attached to an aromatic ring is 1. The number of hydrogen-bond acceptors (Lipinski definition) is 5. The first-order valence-electron chi connectivity index (χ1n) is 7.11. The molecule has 0 atom stereocenters. The van der Waals surface area contributed by atoms with Gasteiger partial charge in [0.15, 0.2) is 0 Å². The predicted molar refractivity (Wildman–Crippen MR) is 79.0 cm³/mol. The fourth-order valence-corrected chi connectivity index (χ4v) is 2.50. The van der Waals surface area contributed by atoms with Gasteiger partial charge in [0.2, 0.25) is 0 Å². The summed E-state index contributed by atoms with van der Waals surface area (Å²) in [6, 6.07) is 2.84. The lowest BCUT2D eigenvalue weighted by Crippen LogP contribution is -2.37. The van der Waals surface area contributed by atoms with Crippen LogP contribution in [0.25, 0.3) is 0 Å². The van der Waals surface area contributed by atoms with E-state index in [0.717, 1.165) is 12.8 Å². The Morgan fingerprint density at radius 1 is 1.48 bits per heavy atom. The molecule has 0 bridgehead atoms. The minimum atomic E-state index is -0.531. The summed E-state index contributed by atoms with van der Waals surface area (Å²) in [4.78, 5) is 13.7. The van der Waals surface area contributed by atoms with E-state index < -0.39 is 11.8 Å². The molecule has 1 fully saturated rings. The fraction of sp³-hybridized carbons (Fsp3) is 0.533. The molecule has 21 heavy (non-hydrogen) atoms. The van der Waals surface area contributed by atoms with Crippen molar-refractivity contribution in [3.8, 4) is 0 Å². The monoisotopic (exact) mass is 296 g/mol. The Hall–Kier alpha value is -1.82. The standard InChI is InChI=1S/C15H21FN2O3/c1-3-21-15(19)11-8-14(12(16)9-13(11)17)18(2)10-4-6-20-7-5-10/h8-10H,3-7,17H2,1-2H3. The normalized spacial score (nSPS) is 15.8. The third-order valence-electron chi connectivity index (χ3n) is 3.73. The lowest BCUT2D eigenvalue weighted by atomic mass is 10.1. The molecule has 0 unspecified atom stereocenters. The van der Waals surface area contributed by atoms with Crippen molar-refractivity contribution in [1.29, 1.82) is 0 Å². The van der Waals surface area contributed by atoms with Crippen molar-refractivity contribution in [2.24, 2.45) is 0 Å². The van der Waals surface area contributed by atoms with E-state index in [1.165, 1.54) is 12.1 Å². The van der Waals surface area contributed by atoms with Crippen LogP contribution in [0.2, 0.25) is 0 Å². The maximum atomic E-state index is 14.2. The first kappa shape index (κ1) is 15.6. The Bertz CT molecular complexity index is 516. The van der Waals surface area contributed by atoms with E-state index in [-0.39, 0.29) is 23.9 Å². The van der Waals surface area contributed by atoms with Crippen LogP contribution in [0.4, 0.5) is 15.8 Å². The van der Waals surface area contributed by atoms with Gasteiger partial charge in [0, 0.05) is 32.0 Å². The molecule has 1 saturated heterocycles. The van der Waals surface area contributed by atoms with Gasteiger partial charge in [-0.1, -0.05) is 0 Å². The van der Waals surface area contributed by atoms with Crippen molar-refractivity contribution in [2.45, 2.75) is 25.8 Å². The predicted octanol–water partition coefficient (Wildman–Crippen LogP) is 2.20. The number of nitrogens with two attached hydrogens (primary N) is 1. The van der Waals surface area contributed by atoms with Gasteiger partial charge in [0.05, 0.1) is 17.9 Å². The van der Waals surface area contributed by atoms with Crippen molar-refractivity contribution >= 4 is 17.3 Å². The number of rotatable bonds is 4. The molecule has 1 aliphatic heterocycles. The average Bonchev–Trinajstić information content (AvgIpc) is 2.48. The Labute approximate surface area is 123 Å². The Kier molecular flexibility index (Phi) is 5.01. The van der Waals surface area contributed by atoms with Gasteiger partial charge < -0.3 is 20.1 Å². The molecule has 1 heterocycles. The van der Waals surface area contributed by atoms with Crippen LogP contribution in [0, 0.1) is 5.82 Å². The number of ether oxygens (including phenoxy) is 2. The van der Waals surface area contributed by atoms with E-state index in [4.69, 9.17) is 15.2 Å². The van der Waals surface area contributed by atoms with Crippen molar-refractivity contribution in [2.75, 3.05) is 37.5 Å². The van der Waals surface area contributed by atoms with Gasteiger partial charge in [-0.3, -0.25) is 0 Å². The molecular weight excluding hydrogens is 275 g/mol. The molecule has 0 aromatic heterocycles. The summed E-state index contributed by atoms with van der Waals surface area (Å²) in [7, 11) is 1.82. The fourth-order valence-electron chi connectivity index (χ4n) is 2.50. The zero-order valence-corrected chi connectivity index (χ0v) is 12.4. The molecule has 1 aromatic rings. The first-order chi connectivity index (χ1) is 10.0. The number of anilines is 2. The molecule has 0 saturated carbocycles. The molecule has 0 amide bonds. The molecule has 1 aromatic carbocycles.